The monoisotopic (exact) mass is 1120 g/mol. The first-order valence-corrected chi connectivity index (χ1v) is 30.3. The Morgan fingerprint density at radius 1 is 0.949 bits per heavy atom. The molecule has 79 heavy (non-hydrogen) atoms. The maximum absolute atomic E-state index is 14.9. The van der Waals surface area contributed by atoms with Crippen molar-refractivity contribution in [1.82, 2.24) is 29.5 Å². The summed E-state index contributed by atoms with van der Waals surface area (Å²) >= 11 is 0. The van der Waals surface area contributed by atoms with Gasteiger partial charge in [0, 0.05) is 94.2 Å². The Morgan fingerprint density at radius 2 is 1.67 bits per heavy atom. The molecule has 2 saturated carbocycles. The minimum Gasteiger partial charge on any atom is -0.478 e. The summed E-state index contributed by atoms with van der Waals surface area (Å²) in [6, 6.07) is 23.6. The van der Waals surface area contributed by atoms with Crippen molar-refractivity contribution >= 4 is 54.0 Å². The lowest BCUT2D eigenvalue weighted by Crippen LogP contribution is -2.60. The van der Waals surface area contributed by atoms with E-state index in [0.29, 0.717) is 67.9 Å². The summed E-state index contributed by atoms with van der Waals surface area (Å²) in [5.74, 6) is -1.51. The number of pyridine rings is 2. The van der Waals surface area contributed by atoms with E-state index in [1.165, 1.54) is 36.6 Å². The van der Waals surface area contributed by atoms with Crippen molar-refractivity contribution in [2.75, 3.05) is 62.9 Å². The van der Waals surface area contributed by atoms with E-state index in [1.807, 2.05) is 16.9 Å². The Kier molecular flexibility index (Phi) is 15.5. The second-order valence-corrected chi connectivity index (χ2v) is 26.3. The number of methoxy groups -OCH3 is 1. The number of ether oxygens (including phenoxy) is 2. The van der Waals surface area contributed by atoms with Crippen LogP contribution in [0.2, 0.25) is 0 Å². The van der Waals surface area contributed by atoms with E-state index in [4.69, 9.17) is 9.47 Å². The summed E-state index contributed by atoms with van der Waals surface area (Å²) in [6.45, 7) is 11.3. The minimum atomic E-state index is -4.76. The number of aromatic amines is 1. The number of fused-ring (bicyclic) bond motifs is 1. The molecule has 1 spiro atoms. The third-order valence-electron chi connectivity index (χ3n) is 16.7. The number of hydrogen-bond acceptors (Lipinski definition) is 16. The SMILES string of the molecule is COc1nc2[nH]cc(F)c2cc1Oc1cc(N2CCC3(CC2)CC(N2CCN(Cc4ccc(S(C)(=O)=O)cc4)C[C@H]2c2ccccc2C(C)C)C3)ccc1C(=O)NS(=O)(=O)c1cnc(NCC2CCC(C)(O)CC2)c([N+](=O)[O-])c1. The third kappa shape index (κ3) is 12.1. The highest BCUT2D eigenvalue weighted by Crippen LogP contribution is 2.53. The van der Waals surface area contributed by atoms with Crippen LogP contribution in [0.1, 0.15) is 111 Å². The van der Waals surface area contributed by atoms with Gasteiger partial charge in [-0.3, -0.25) is 24.7 Å². The smallest absolute Gasteiger partial charge is 0.312 e. The normalized spacial score (nSPS) is 21.2. The van der Waals surface area contributed by atoms with Crippen LogP contribution in [-0.2, 0) is 26.4 Å². The highest BCUT2D eigenvalue weighted by molar-refractivity contribution is 7.90. The molecule has 420 valence electrons. The number of amides is 1. The number of hydrogen-bond donors (Lipinski definition) is 4. The zero-order valence-corrected chi connectivity index (χ0v) is 46.7. The fraction of sp³-hybridized carbons (Fsp3) is 0.456. The molecule has 4 N–H and O–H groups in total. The minimum absolute atomic E-state index is 0.0294. The molecule has 2 saturated heterocycles. The molecular weight excluding hydrogens is 1050 g/mol. The predicted octanol–water partition coefficient (Wildman–Crippen LogP) is 9.11. The molecule has 19 nitrogen and oxygen atoms in total. The number of benzene rings is 3. The number of aliphatic hydroxyl groups is 1. The molecule has 4 aliphatic rings. The quantitative estimate of drug-likeness (QED) is 0.0491. The molecule has 4 fully saturated rings. The highest BCUT2D eigenvalue weighted by atomic mass is 32.2. The number of carbonyl (C=O) groups excluding carboxylic acids is 1. The Bertz CT molecular complexity index is 3480. The van der Waals surface area contributed by atoms with Gasteiger partial charge in [0.05, 0.1) is 39.7 Å². The Labute approximate surface area is 460 Å². The van der Waals surface area contributed by atoms with Gasteiger partial charge in [-0.25, -0.2) is 30.9 Å². The van der Waals surface area contributed by atoms with Gasteiger partial charge in [0.2, 0.25) is 5.82 Å². The number of H-pyrrole nitrogens is 1. The maximum atomic E-state index is 14.9. The number of piperidine rings is 1. The van der Waals surface area contributed by atoms with E-state index >= 15 is 0 Å². The van der Waals surface area contributed by atoms with Crippen molar-refractivity contribution in [3.63, 3.8) is 0 Å². The van der Waals surface area contributed by atoms with Crippen molar-refractivity contribution < 1.29 is 45.5 Å². The molecule has 0 radical (unpaired) electrons. The molecular formula is C57H68FN9O10S2. The van der Waals surface area contributed by atoms with E-state index in [9.17, 15) is 41.2 Å². The molecule has 2 aliphatic heterocycles. The average Bonchev–Trinajstić information content (AvgIpc) is 3.92. The number of aromatic nitrogens is 3. The summed E-state index contributed by atoms with van der Waals surface area (Å²) in [7, 11) is -6.69. The van der Waals surface area contributed by atoms with E-state index < -0.39 is 52.7 Å². The van der Waals surface area contributed by atoms with Gasteiger partial charge >= 0.3 is 5.69 Å². The number of nitrogens with one attached hydrogen (secondary N) is 3. The number of carbonyl (C=O) groups is 1. The van der Waals surface area contributed by atoms with Gasteiger partial charge in [0.1, 0.15) is 22.1 Å². The topological polar surface area (TPSA) is 243 Å². The van der Waals surface area contributed by atoms with Crippen molar-refractivity contribution in [1.29, 1.82) is 0 Å². The predicted molar refractivity (Wildman–Crippen MR) is 297 cm³/mol. The summed E-state index contributed by atoms with van der Waals surface area (Å²) in [5, 5.41) is 25.7. The van der Waals surface area contributed by atoms with Crippen LogP contribution in [0.3, 0.4) is 0 Å². The second kappa shape index (κ2) is 22.1. The van der Waals surface area contributed by atoms with Crippen LogP contribution in [0.4, 0.5) is 21.6 Å². The molecule has 1 atom stereocenters. The Morgan fingerprint density at radius 3 is 2.35 bits per heavy atom. The lowest BCUT2D eigenvalue weighted by molar-refractivity contribution is -0.384. The summed E-state index contributed by atoms with van der Waals surface area (Å²) in [5.41, 5.74) is 3.22. The molecule has 22 heteroatoms. The van der Waals surface area contributed by atoms with Gasteiger partial charge in [-0.15, -0.1) is 0 Å². The van der Waals surface area contributed by atoms with Crippen LogP contribution in [0, 0.1) is 27.3 Å². The molecule has 10 rings (SSSR count). The number of sulfonamides is 1. The van der Waals surface area contributed by atoms with Gasteiger partial charge in [-0.1, -0.05) is 50.2 Å². The number of anilines is 2. The van der Waals surface area contributed by atoms with Crippen molar-refractivity contribution in [2.45, 2.75) is 112 Å². The van der Waals surface area contributed by atoms with Crippen molar-refractivity contribution in [3.8, 4) is 17.4 Å². The number of rotatable bonds is 17. The first-order chi connectivity index (χ1) is 37.6. The largest absolute Gasteiger partial charge is 0.478 e. The van der Waals surface area contributed by atoms with Gasteiger partial charge in [-0.2, -0.15) is 4.98 Å². The van der Waals surface area contributed by atoms with E-state index in [2.05, 4.69) is 73.1 Å². The molecule has 0 unspecified atom stereocenters. The van der Waals surface area contributed by atoms with Gasteiger partial charge in [-0.05, 0) is 116 Å². The Hall–Kier alpha value is -6.72. The van der Waals surface area contributed by atoms with Crippen molar-refractivity contribution in [2.24, 2.45) is 11.3 Å². The van der Waals surface area contributed by atoms with E-state index in [1.54, 1.807) is 31.2 Å². The second-order valence-electron chi connectivity index (χ2n) is 22.6. The van der Waals surface area contributed by atoms with Gasteiger partial charge in [0.15, 0.2) is 15.6 Å². The van der Waals surface area contributed by atoms with Gasteiger partial charge in [0.25, 0.3) is 21.8 Å². The molecule has 3 aromatic carbocycles. The van der Waals surface area contributed by atoms with Crippen LogP contribution in [0.25, 0.3) is 11.0 Å². The van der Waals surface area contributed by atoms with E-state index in [-0.39, 0.29) is 57.2 Å². The molecule has 5 heterocycles. The number of nitro groups is 1. The van der Waals surface area contributed by atoms with Gasteiger partial charge < -0.3 is 29.8 Å². The fourth-order valence-electron chi connectivity index (χ4n) is 12.1. The summed E-state index contributed by atoms with van der Waals surface area (Å²) in [4.78, 5) is 44.0. The Balaban J connectivity index is 0.854. The molecule has 1 amide bonds. The first kappa shape index (κ1) is 55.6. The third-order valence-corrected chi connectivity index (χ3v) is 19.2. The van der Waals surface area contributed by atoms with E-state index in [0.717, 1.165) is 75.9 Å². The van der Waals surface area contributed by atoms with Crippen LogP contribution >= 0.6 is 0 Å². The summed E-state index contributed by atoms with van der Waals surface area (Å²) < 4.78 is 81.0. The number of halogens is 1. The number of sulfone groups is 1. The van der Waals surface area contributed by atoms with Crippen LogP contribution in [0.5, 0.6) is 17.4 Å². The summed E-state index contributed by atoms with van der Waals surface area (Å²) in [6.07, 6.45) is 9.80. The van der Waals surface area contributed by atoms with Crippen LogP contribution in [0.15, 0.2) is 101 Å². The molecule has 6 aromatic rings. The standard InChI is InChI=1S/C57H68FN9O10S2/c1-36(2)43-8-6-7-9-44(43)49-35-64(34-38-10-13-41(14-11-38)78(5,72)73)24-25-66(49)40-29-57(30-40)20-22-65(23-21-57)39-12-15-45(50(26-39)77-51-28-46-47(58)33-61-52(46)62-55(51)76-4)54(68)63-79(74,75)42-27-48(67(70)71)53(60-32-42)59-31-37-16-18-56(3,69)19-17-37/h6-15,26-28,32-33,36-37,40,49,69H,16-25,29-31,34-35H2,1-5H3,(H,59,60)(H,61,62)(H,63,68)/t37?,49-,56?/m0/s1. The fourth-order valence-corrected chi connectivity index (χ4v) is 13.7. The highest BCUT2D eigenvalue weighted by Gasteiger charge is 2.50. The maximum Gasteiger partial charge on any atom is 0.312 e. The zero-order chi connectivity index (χ0) is 56.0. The first-order valence-electron chi connectivity index (χ1n) is 26.9. The average molecular weight is 1120 g/mol. The van der Waals surface area contributed by atoms with Crippen molar-refractivity contribution in [3.05, 3.63) is 129 Å². The zero-order valence-electron chi connectivity index (χ0n) is 45.1. The lowest BCUT2D eigenvalue weighted by Gasteiger charge is -2.58. The number of piperazine rings is 1. The number of nitrogens with zero attached hydrogens (tertiary/aromatic N) is 6. The van der Waals surface area contributed by atoms with Crippen LogP contribution in [-0.4, -0.2) is 122 Å². The molecule has 0 bridgehead atoms. The lowest BCUT2D eigenvalue weighted by atomic mass is 9.59. The molecule has 3 aromatic heterocycles. The van der Waals surface area contributed by atoms with Crippen LogP contribution < -0.4 is 24.4 Å². The molecule has 2 aliphatic carbocycles.